The lowest BCUT2D eigenvalue weighted by Gasteiger charge is -2.30. The summed E-state index contributed by atoms with van der Waals surface area (Å²) in [6.45, 7) is 0.524. The zero-order valence-corrected chi connectivity index (χ0v) is 11.8. The van der Waals surface area contributed by atoms with E-state index in [1.165, 1.54) is 13.2 Å². The van der Waals surface area contributed by atoms with E-state index in [9.17, 15) is 9.50 Å². The van der Waals surface area contributed by atoms with Crippen molar-refractivity contribution in [3.8, 4) is 11.5 Å². The Kier molecular flexibility index (Phi) is 3.80. The summed E-state index contributed by atoms with van der Waals surface area (Å²) < 4.78 is 24.7. The number of para-hydroxylation sites is 1. The van der Waals surface area contributed by atoms with Crippen LogP contribution in [0.4, 0.5) is 4.39 Å². The molecule has 0 spiro atoms. The summed E-state index contributed by atoms with van der Waals surface area (Å²) in [5.41, 5.74) is 1.21. The molecular weight excluding hydrogens is 271 g/mol. The van der Waals surface area contributed by atoms with Crippen LogP contribution >= 0.6 is 0 Å². The average Bonchev–Trinajstić information content (AvgIpc) is 2.53. The van der Waals surface area contributed by atoms with Crippen molar-refractivity contribution in [1.29, 1.82) is 0 Å². The van der Waals surface area contributed by atoms with Crippen LogP contribution in [0.15, 0.2) is 42.5 Å². The van der Waals surface area contributed by atoms with Gasteiger partial charge in [-0.3, -0.25) is 0 Å². The van der Waals surface area contributed by atoms with Crippen molar-refractivity contribution in [2.24, 2.45) is 0 Å². The summed E-state index contributed by atoms with van der Waals surface area (Å²) in [6, 6.07) is 12.1. The largest absolute Gasteiger partial charge is 0.497 e. The molecule has 3 rings (SSSR count). The van der Waals surface area contributed by atoms with Crippen molar-refractivity contribution in [2.45, 2.75) is 18.4 Å². The number of aliphatic hydroxyl groups is 1. The van der Waals surface area contributed by atoms with Crippen LogP contribution in [0.2, 0.25) is 0 Å². The van der Waals surface area contributed by atoms with E-state index in [1.54, 1.807) is 12.1 Å². The normalized spacial score (nSPS) is 18.5. The molecular formula is C17H17FO3. The molecule has 0 radical (unpaired) electrons. The van der Waals surface area contributed by atoms with Crippen molar-refractivity contribution in [1.82, 2.24) is 0 Å². The Labute approximate surface area is 122 Å². The van der Waals surface area contributed by atoms with E-state index in [4.69, 9.17) is 9.47 Å². The predicted octanol–water partition coefficient (Wildman–Crippen LogP) is 3.43. The molecule has 1 aliphatic heterocycles. The van der Waals surface area contributed by atoms with Gasteiger partial charge in [-0.1, -0.05) is 18.2 Å². The highest BCUT2D eigenvalue weighted by atomic mass is 19.1. The molecule has 110 valence electrons. The van der Waals surface area contributed by atoms with E-state index in [2.05, 4.69) is 0 Å². The van der Waals surface area contributed by atoms with Gasteiger partial charge in [0, 0.05) is 23.1 Å². The number of aliphatic hydroxyl groups excluding tert-OH is 1. The van der Waals surface area contributed by atoms with Crippen molar-refractivity contribution in [3.05, 3.63) is 59.4 Å². The summed E-state index contributed by atoms with van der Waals surface area (Å²) >= 11 is 0. The molecule has 2 atom stereocenters. The summed E-state index contributed by atoms with van der Waals surface area (Å²) in [5, 5.41) is 10.6. The number of methoxy groups -OCH3 is 1. The first-order chi connectivity index (χ1) is 10.2. The SMILES string of the molecule is COc1ccc(C(O)C2CCOc3ccccc32)c(F)c1. The Morgan fingerprint density at radius 3 is 2.86 bits per heavy atom. The highest BCUT2D eigenvalue weighted by Gasteiger charge is 2.30. The minimum atomic E-state index is -0.902. The van der Waals surface area contributed by atoms with Crippen molar-refractivity contribution < 1.29 is 19.0 Å². The first kappa shape index (κ1) is 13.9. The maximum absolute atomic E-state index is 14.1. The van der Waals surface area contributed by atoms with Gasteiger partial charge in [0.2, 0.25) is 0 Å². The zero-order valence-electron chi connectivity index (χ0n) is 11.8. The number of rotatable bonds is 3. The van der Waals surface area contributed by atoms with Crippen LogP contribution < -0.4 is 9.47 Å². The molecule has 2 aromatic carbocycles. The first-order valence-corrected chi connectivity index (χ1v) is 6.94. The molecule has 0 aliphatic carbocycles. The fourth-order valence-corrected chi connectivity index (χ4v) is 2.79. The maximum atomic E-state index is 14.1. The van der Waals surface area contributed by atoms with Gasteiger partial charge >= 0.3 is 0 Å². The summed E-state index contributed by atoms with van der Waals surface area (Å²) in [7, 11) is 1.49. The molecule has 0 bridgehead atoms. The Balaban J connectivity index is 1.94. The van der Waals surface area contributed by atoms with Gasteiger partial charge in [-0.25, -0.2) is 4.39 Å². The van der Waals surface area contributed by atoms with Gasteiger partial charge in [0.05, 0.1) is 19.8 Å². The third-order valence-corrected chi connectivity index (χ3v) is 3.91. The third-order valence-electron chi connectivity index (χ3n) is 3.91. The van der Waals surface area contributed by atoms with Crippen LogP contribution in [0.5, 0.6) is 11.5 Å². The number of halogens is 1. The van der Waals surface area contributed by atoms with E-state index >= 15 is 0 Å². The standard InChI is InChI=1S/C17H17FO3/c1-20-11-6-7-14(15(18)10-11)17(19)13-8-9-21-16-5-3-2-4-12(13)16/h2-7,10,13,17,19H,8-9H2,1H3. The zero-order chi connectivity index (χ0) is 14.8. The molecule has 1 heterocycles. The third kappa shape index (κ3) is 2.59. The van der Waals surface area contributed by atoms with Crippen LogP contribution in [0.3, 0.4) is 0 Å². The second-order valence-corrected chi connectivity index (χ2v) is 5.11. The smallest absolute Gasteiger partial charge is 0.132 e. The number of hydrogen-bond acceptors (Lipinski definition) is 3. The van der Waals surface area contributed by atoms with E-state index in [1.807, 2.05) is 24.3 Å². The minimum Gasteiger partial charge on any atom is -0.497 e. The van der Waals surface area contributed by atoms with Gasteiger partial charge < -0.3 is 14.6 Å². The molecule has 1 aliphatic rings. The number of fused-ring (bicyclic) bond motifs is 1. The van der Waals surface area contributed by atoms with Gasteiger partial charge in [0.25, 0.3) is 0 Å². The highest BCUT2D eigenvalue weighted by Crippen LogP contribution is 2.42. The summed E-state index contributed by atoms with van der Waals surface area (Å²) in [5.74, 6) is 0.584. The Morgan fingerprint density at radius 1 is 1.29 bits per heavy atom. The lowest BCUT2D eigenvalue weighted by atomic mass is 9.85. The molecule has 2 unspecified atom stereocenters. The number of benzene rings is 2. The Bertz CT molecular complexity index is 642. The maximum Gasteiger partial charge on any atom is 0.132 e. The molecule has 0 saturated heterocycles. The van der Waals surface area contributed by atoms with E-state index in [0.717, 1.165) is 11.3 Å². The second-order valence-electron chi connectivity index (χ2n) is 5.11. The van der Waals surface area contributed by atoms with Gasteiger partial charge in [0.1, 0.15) is 17.3 Å². The van der Waals surface area contributed by atoms with Gasteiger partial charge in [-0.2, -0.15) is 0 Å². The van der Waals surface area contributed by atoms with Gasteiger partial charge in [0.15, 0.2) is 0 Å². The van der Waals surface area contributed by atoms with Crippen molar-refractivity contribution >= 4 is 0 Å². The number of hydrogen-bond donors (Lipinski definition) is 1. The lowest BCUT2D eigenvalue weighted by Crippen LogP contribution is -2.20. The second kappa shape index (κ2) is 5.74. The Morgan fingerprint density at radius 2 is 2.10 bits per heavy atom. The molecule has 4 heteroatoms. The van der Waals surface area contributed by atoms with Gasteiger partial charge in [-0.15, -0.1) is 0 Å². The van der Waals surface area contributed by atoms with E-state index in [-0.39, 0.29) is 11.5 Å². The molecule has 0 amide bonds. The predicted molar refractivity (Wildman–Crippen MR) is 77.2 cm³/mol. The van der Waals surface area contributed by atoms with Crippen molar-refractivity contribution in [3.63, 3.8) is 0 Å². The first-order valence-electron chi connectivity index (χ1n) is 6.94. The quantitative estimate of drug-likeness (QED) is 0.940. The highest BCUT2D eigenvalue weighted by molar-refractivity contribution is 5.40. The monoisotopic (exact) mass is 288 g/mol. The van der Waals surface area contributed by atoms with Crippen LogP contribution in [0, 0.1) is 5.82 Å². The van der Waals surface area contributed by atoms with Crippen molar-refractivity contribution in [2.75, 3.05) is 13.7 Å². The summed E-state index contributed by atoms with van der Waals surface area (Å²) in [6.07, 6.45) is -0.245. The molecule has 1 N–H and O–H groups in total. The molecule has 3 nitrogen and oxygen atoms in total. The minimum absolute atomic E-state index is 0.169. The lowest BCUT2D eigenvalue weighted by molar-refractivity contribution is 0.114. The van der Waals surface area contributed by atoms with Crippen LogP contribution in [-0.4, -0.2) is 18.8 Å². The van der Waals surface area contributed by atoms with Crippen LogP contribution in [0.25, 0.3) is 0 Å². The molecule has 2 aromatic rings. The summed E-state index contributed by atoms with van der Waals surface area (Å²) in [4.78, 5) is 0. The molecule has 0 saturated carbocycles. The van der Waals surface area contributed by atoms with E-state index < -0.39 is 11.9 Å². The molecule has 0 aromatic heterocycles. The van der Waals surface area contributed by atoms with E-state index in [0.29, 0.717) is 18.8 Å². The van der Waals surface area contributed by atoms with Crippen LogP contribution in [-0.2, 0) is 0 Å². The number of ether oxygens (including phenoxy) is 2. The van der Waals surface area contributed by atoms with Gasteiger partial charge in [-0.05, 0) is 24.6 Å². The topological polar surface area (TPSA) is 38.7 Å². The fourth-order valence-electron chi connectivity index (χ4n) is 2.79. The Hall–Kier alpha value is -2.07. The average molecular weight is 288 g/mol. The molecule has 21 heavy (non-hydrogen) atoms. The molecule has 0 fully saturated rings. The van der Waals surface area contributed by atoms with Crippen LogP contribution in [0.1, 0.15) is 29.6 Å². The fraction of sp³-hybridized carbons (Fsp3) is 0.294.